The molecule has 1 N–H and O–H groups in total. The molecule has 0 amide bonds. The zero-order valence-corrected chi connectivity index (χ0v) is 14.5. The summed E-state index contributed by atoms with van der Waals surface area (Å²) in [6.45, 7) is 1.81. The molecule has 0 spiro atoms. The maximum atomic E-state index is 11.5. The Hall–Kier alpha value is -1.24. The summed E-state index contributed by atoms with van der Waals surface area (Å²) in [7, 11) is -3.18. The molecule has 0 bridgehead atoms. The number of rotatable bonds is 8. The molecule has 2 rings (SSSR count). The highest BCUT2D eigenvalue weighted by atomic mass is 32.2. The molecule has 1 aliphatic heterocycles. The van der Waals surface area contributed by atoms with Crippen molar-refractivity contribution in [3.8, 4) is 0 Å². The largest absolute Gasteiger partial charge is 0.303 e. The van der Waals surface area contributed by atoms with Gasteiger partial charge in [0, 0.05) is 25.0 Å². The summed E-state index contributed by atoms with van der Waals surface area (Å²) in [6, 6.07) is 10.5. The van der Waals surface area contributed by atoms with Crippen molar-refractivity contribution in [3.05, 3.63) is 35.9 Å². The van der Waals surface area contributed by atoms with E-state index in [9.17, 15) is 13.2 Å². The van der Waals surface area contributed by atoms with Crippen LogP contribution in [0.3, 0.4) is 0 Å². The van der Waals surface area contributed by atoms with E-state index in [1.807, 2.05) is 18.2 Å². The van der Waals surface area contributed by atoms with Gasteiger partial charge in [0.1, 0.15) is 6.29 Å². The fourth-order valence-electron chi connectivity index (χ4n) is 3.26. The molecule has 1 aromatic rings. The average molecular weight is 338 g/mol. The zero-order valence-electron chi connectivity index (χ0n) is 13.6. The lowest BCUT2D eigenvalue weighted by Crippen LogP contribution is -2.46. The van der Waals surface area contributed by atoms with Crippen molar-refractivity contribution in [2.75, 3.05) is 19.3 Å². The maximum absolute atomic E-state index is 11.5. The van der Waals surface area contributed by atoms with Crippen LogP contribution in [0.15, 0.2) is 30.3 Å². The Morgan fingerprint density at radius 3 is 2.65 bits per heavy atom. The fraction of sp³-hybridized carbons (Fsp3) is 0.588. The first-order chi connectivity index (χ1) is 11.0. The average Bonchev–Trinajstić information content (AvgIpc) is 2.52. The molecular formula is C17H26N2O3S. The Bertz CT molecular complexity index is 589. The Kier molecular flexibility index (Phi) is 6.74. The molecular weight excluding hydrogens is 312 g/mol. The summed E-state index contributed by atoms with van der Waals surface area (Å²) >= 11 is 0. The number of sulfonamides is 1. The number of nitrogens with zero attached hydrogens (tertiary/aromatic N) is 1. The van der Waals surface area contributed by atoms with Crippen LogP contribution in [0.25, 0.3) is 0 Å². The molecule has 2 unspecified atom stereocenters. The fourth-order valence-corrected chi connectivity index (χ4v) is 4.08. The van der Waals surface area contributed by atoms with Crippen molar-refractivity contribution in [3.63, 3.8) is 0 Å². The van der Waals surface area contributed by atoms with E-state index in [4.69, 9.17) is 0 Å². The van der Waals surface area contributed by atoms with Gasteiger partial charge in [0.2, 0.25) is 10.0 Å². The number of unbranched alkanes of at least 4 members (excludes halogenated alkanes) is 2. The Morgan fingerprint density at radius 2 is 2.00 bits per heavy atom. The normalized spacial score (nSPS) is 22.8. The van der Waals surface area contributed by atoms with Crippen molar-refractivity contribution in [2.45, 2.75) is 44.2 Å². The number of carbonyl (C=O) groups is 1. The zero-order chi connectivity index (χ0) is 16.7. The number of nitrogens with one attached hydrogen (secondary N) is 1. The van der Waals surface area contributed by atoms with Gasteiger partial charge in [-0.3, -0.25) is 4.90 Å². The highest BCUT2D eigenvalue weighted by Gasteiger charge is 2.30. The number of piperidine rings is 1. The predicted octanol–water partition coefficient (Wildman–Crippen LogP) is 2.11. The van der Waals surface area contributed by atoms with Crippen LogP contribution in [-0.2, 0) is 14.8 Å². The standard InChI is InChI=1S/C17H26N2O3S/c1-23(21,22)18-16-10-12-19(11-6-3-7-13-20)17(14-16)15-8-4-2-5-9-15/h2,4-5,8-9,13,16-18H,3,6-7,10-12,14H2,1H3. The van der Waals surface area contributed by atoms with E-state index in [2.05, 4.69) is 21.8 Å². The van der Waals surface area contributed by atoms with Gasteiger partial charge < -0.3 is 4.79 Å². The second-order valence-corrected chi connectivity index (χ2v) is 8.02. The number of benzene rings is 1. The van der Waals surface area contributed by atoms with Crippen LogP contribution in [0, 0.1) is 0 Å². The van der Waals surface area contributed by atoms with E-state index in [1.54, 1.807) is 0 Å². The van der Waals surface area contributed by atoms with Crippen molar-refractivity contribution < 1.29 is 13.2 Å². The highest BCUT2D eigenvalue weighted by molar-refractivity contribution is 7.88. The number of hydrogen-bond acceptors (Lipinski definition) is 4. The first kappa shape index (κ1) is 18.1. The minimum Gasteiger partial charge on any atom is -0.303 e. The van der Waals surface area contributed by atoms with E-state index in [-0.39, 0.29) is 12.1 Å². The molecule has 23 heavy (non-hydrogen) atoms. The molecule has 0 aliphatic carbocycles. The SMILES string of the molecule is CS(=O)(=O)NC1CCN(CCCCC=O)C(c2ccccc2)C1. The lowest BCUT2D eigenvalue weighted by molar-refractivity contribution is -0.107. The summed E-state index contributed by atoms with van der Waals surface area (Å²) in [5, 5.41) is 0. The quantitative estimate of drug-likeness (QED) is 0.582. The molecule has 0 radical (unpaired) electrons. The van der Waals surface area contributed by atoms with Gasteiger partial charge in [-0.25, -0.2) is 13.1 Å². The Labute approximate surface area is 139 Å². The molecule has 1 aliphatic rings. The summed E-state index contributed by atoms with van der Waals surface area (Å²) in [5.74, 6) is 0. The van der Waals surface area contributed by atoms with Gasteiger partial charge in [-0.1, -0.05) is 30.3 Å². The molecule has 128 valence electrons. The Morgan fingerprint density at radius 1 is 1.26 bits per heavy atom. The summed E-state index contributed by atoms with van der Waals surface area (Å²) in [4.78, 5) is 12.9. The van der Waals surface area contributed by atoms with Crippen molar-refractivity contribution >= 4 is 16.3 Å². The van der Waals surface area contributed by atoms with Gasteiger partial charge in [-0.15, -0.1) is 0 Å². The van der Waals surface area contributed by atoms with Crippen LogP contribution in [0.5, 0.6) is 0 Å². The van der Waals surface area contributed by atoms with Crippen LogP contribution in [0.1, 0.15) is 43.7 Å². The minimum atomic E-state index is -3.18. The molecule has 5 nitrogen and oxygen atoms in total. The molecule has 0 saturated carbocycles. The summed E-state index contributed by atoms with van der Waals surface area (Å²) < 4.78 is 25.8. The van der Waals surface area contributed by atoms with Crippen molar-refractivity contribution in [2.24, 2.45) is 0 Å². The van der Waals surface area contributed by atoms with Crippen molar-refractivity contribution in [1.82, 2.24) is 9.62 Å². The lowest BCUT2D eigenvalue weighted by Gasteiger charge is -2.40. The third-order valence-corrected chi connectivity index (χ3v) is 5.06. The molecule has 1 heterocycles. The maximum Gasteiger partial charge on any atom is 0.208 e. The number of aldehydes is 1. The van der Waals surface area contributed by atoms with E-state index < -0.39 is 10.0 Å². The van der Waals surface area contributed by atoms with E-state index in [0.29, 0.717) is 6.42 Å². The van der Waals surface area contributed by atoms with Gasteiger partial charge in [0.05, 0.1) is 6.26 Å². The first-order valence-electron chi connectivity index (χ1n) is 8.19. The first-order valence-corrected chi connectivity index (χ1v) is 10.1. The molecule has 0 aromatic heterocycles. The summed E-state index contributed by atoms with van der Waals surface area (Å²) in [6.07, 6.45) is 6.31. The molecule has 1 fully saturated rings. The van der Waals surface area contributed by atoms with E-state index >= 15 is 0 Å². The number of likely N-dealkylation sites (tertiary alicyclic amines) is 1. The van der Waals surface area contributed by atoms with Crippen molar-refractivity contribution in [1.29, 1.82) is 0 Å². The summed E-state index contributed by atoms with van der Waals surface area (Å²) in [5.41, 5.74) is 1.22. The van der Waals surface area contributed by atoms with Crippen LogP contribution in [-0.4, -0.2) is 45.0 Å². The smallest absolute Gasteiger partial charge is 0.208 e. The van der Waals surface area contributed by atoms with Crippen LogP contribution < -0.4 is 4.72 Å². The molecule has 1 saturated heterocycles. The third kappa shape index (κ3) is 6.05. The van der Waals surface area contributed by atoms with Gasteiger partial charge in [0.25, 0.3) is 0 Å². The second-order valence-electron chi connectivity index (χ2n) is 6.24. The molecule has 2 atom stereocenters. The predicted molar refractivity (Wildman–Crippen MR) is 91.7 cm³/mol. The van der Waals surface area contributed by atoms with Gasteiger partial charge in [0.15, 0.2) is 0 Å². The third-order valence-electron chi connectivity index (χ3n) is 4.30. The van der Waals surface area contributed by atoms with Crippen LogP contribution in [0.2, 0.25) is 0 Å². The van der Waals surface area contributed by atoms with Gasteiger partial charge >= 0.3 is 0 Å². The van der Waals surface area contributed by atoms with Crippen LogP contribution >= 0.6 is 0 Å². The molecule has 1 aromatic carbocycles. The second kappa shape index (κ2) is 8.57. The molecule has 6 heteroatoms. The number of carbonyl (C=O) groups excluding carboxylic acids is 1. The monoisotopic (exact) mass is 338 g/mol. The van der Waals surface area contributed by atoms with Crippen LogP contribution in [0.4, 0.5) is 0 Å². The lowest BCUT2D eigenvalue weighted by atomic mass is 9.92. The topological polar surface area (TPSA) is 66.5 Å². The minimum absolute atomic E-state index is 0.0126. The number of hydrogen-bond donors (Lipinski definition) is 1. The van der Waals surface area contributed by atoms with Gasteiger partial charge in [-0.2, -0.15) is 0 Å². The van der Waals surface area contributed by atoms with E-state index in [1.165, 1.54) is 11.8 Å². The highest BCUT2D eigenvalue weighted by Crippen LogP contribution is 2.31. The van der Waals surface area contributed by atoms with Gasteiger partial charge in [-0.05, 0) is 37.8 Å². The van der Waals surface area contributed by atoms with E-state index in [0.717, 1.165) is 45.1 Å². The Balaban J connectivity index is 2.05.